The van der Waals surface area contributed by atoms with E-state index in [0.29, 0.717) is 11.4 Å². The van der Waals surface area contributed by atoms with Crippen molar-refractivity contribution in [3.63, 3.8) is 0 Å². The molecule has 27 heavy (non-hydrogen) atoms. The van der Waals surface area contributed by atoms with E-state index >= 15 is 0 Å². The summed E-state index contributed by atoms with van der Waals surface area (Å²) in [4.78, 5) is 15.4. The minimum atomic E-state index is -0.370. The summed E-state index contributed by atoms with van der Waals surface area (Å²) >= 11 is 3.32. The fraction of sp³-hybridized carbons (Fsp3) is 0.158. The number of amides is 1. The van der Waals surface area contributed by atoms with Crippen molar-refractivity contribution in [2.75, 3.05) is 6.54 Å². The predicted molar refractivity (Wildman–Crippen MR) is 103 cm³/mol. The van der Waals surface area contributed by atoms with Crippen molar-refractivity contribution in [1.29, 1.82) is 0 Å². The Hall–Kier alpha value is -2.87. The normalized spacial score (nSPS) is 10.6. The molecule has 3 aromatic rings. The molecule has 0 saturated heterocycles. The Morgan fingerprint density at radius 1 is 1.26 bits per heavy atom. The Morgan fingerprint density at radius 3 is 2.78 bits per heavy atom. The molecule has 6 nitrogen and oxygen atoms in total. The van der Waals surface area contributed by atoms with Gasteiger partial charge in [0.25, 0.3) is 0 Å². The zero-order chi connectivity index (χ0) is 19.2. The van der Waals surface area contributed by atoms with E-state index in [1.54, 1.807) is 18.2 Å². The van der Waals surface area contributed by atoms with Gasteiger partial charge in [-0.05, 0) is 23.4 Å². The highest BCUT2D eigenvalue weighted by atomic mass is 79.9. The summed E-state index contributed by atoms with van der Waals surface area (Å²) in [5.41, 5.74) is 1.23. The van der Waals surface area contributed by atoms with Crippen LogP contribution in [0.15, 0.2) is 65.7 Å². The van der Waals surface area contributed by atoms with Crippen molar-refractivity contribution in [1.82, 2.24) is 25.1 Å². The average molecular weight is 430 g/mol. The maximum atomic E-state index is 14.0. The maximum Gasteiger partial charge on any atom is 0.246 e. The number of tetrazole rings is 1. The summed E-state index contributed by atoms with van der Waals surface area (Å²) in [6.07, 6.45) is 1.60. The standard InChI is InChI=1S/C19H17BrFN5O/c1-2-10-25(12-15-11-16(20)8-9-17(15)21)18(27)13-26-23-19(22-24-26)14-6-4-3-5-7-14/h2-9,11H,1,10,12-13H2. The molecule has 0 N–H and O–H groups in total. The van der Waals surface area contributed by atoms with Crippen molar-refractivity contribution in [3.05, 3.63) is 77.0 Å². The molecule has 0 saturated carbocycles. The zero-order valence-corrected chi connectivity index (χ0v) is 16.0. The lowest BCUT2D eigenvalue weighted by atomic mass is 10.2. The molecule has 2 aromatic carbocycles. The monoisotopic (exact) mass is 429 g/mol. The lowest BCUT2D eigenvalue weighted by molar-refractivity contribution is -0.132. The van der Waals surface area contributed by atoms with Crippen molar-refractivity contribution < 1.29 is 9.18 Å². The van der Waals surface area contributed by atoms with E-state index in [9.17, 15) is 9.18 Å². The highest BCUT2D eigenvalue weighted by Gasteiger charge is 2.17. The number of hydrogen-bond donors (Lipinski definition) is 0. The second-order valence-electron chi connectivity index (χ2n) is 5.81. The van der Waals surface area contributed by atoms with Gasteiger partial charge in [-0.25, -0.2) is 4.39 Å². The quantitative estimate of drug-likeness (QED) is 0.539. The molecule has 0 aliphatic carbocycles. The van der Waals surface area contributed by atoms with Crippen molar-refractivity contribution in [2.24, 2.45) is 0 Å². The van der Waals surface area contributed by atoms with Crippen molar-refractivity contribution >= 4 is 21.8 Å². The van der Waals surface area contributed by atoms with Crippen LogP contribution in [-0.2, 0) is 17.9 Å². The first-order valence-electron chi connectivity index (χ1n) is 8.22. The molecule has 0 unspecified atom stereocenters. The van der Waals surface area contributed by atoms with E-state index in [0.717, 1.165) is 10.0 Å². The van der Waals surface area contributed by atoms with Crippen LogP contribution in [0.2, 0.25) is 0 Å². The summed E-state index contributed by atoms with van der Waals surface area (Å²) in [6.45, 7) is 3.98. The lowest BCUT2D eigenvalue weighted by Crippen LogP contribution is -2.34. The largest absolute Gasteiger partial charge is 0.333 e. The minimum Gasteiger partial charge on any atom is -0.333 e. The summed E-state index contributed by atoms with van der Waals surface area (Å²) in [6, 6.07) is 14.0. The SMILES string of the molecule is C=CCN(Cc1cc(Br)ccc1F)C(=O)Cn1nnc(-c2ccccc2)n1. The first-order valence-corrected chi connectivity index (χ1v) is 9.02. The molecule has 1 aromatic heterocycles. The minimum absolute atomic E-state index is 0.0940. The number of nitrogens with zero attached hydrogens (tertiary/aromatic N) is 5. The fourth-order valence-electron chi connectivity index (χ4n) is 2.51. The molecule has 0 aliphatic heterocycles. The molecule has 1 amide bonds. The Kier molecular flexibility index (Phi) is 6.08. The number of halogens is 2. The summed E-state index contributed by atoms with van der Waals surface area (Å²) in [7, 11) is 0. The third-order valence-electron chi connectivity index (χ3n) is 3.83. The van der Waals surface area contributed by atoms with Gasteiger partial charge in [-0.2, -0.15) is 4.80 Å². The van der Waals surface area contributed by atoms with Gasteiger partial charge in [-0.3, -0.25) is 4.79 Å². The van der Waals surface area contributed by atoms with Gasteiger partial charge in [0.1, 0.15) is 12.4 Å². The second-order valence-corrected chi connectivity index (χ2v) is 6.72. The maximum absolute atomic E-state index is 14.0. The molecule has 3 rings (SSSR count). The van der Waals surface area contributed by atoms with Gasteiger partial charge >= 0.3 is 0 Å². The predicted octanol–water partition coefficient (Wildman–Crippen LogP) is 3.46. The zero-order valence-electron chi connectivity index (χ0n) is 14.4. The van der Waals surface area contributed by atoms with Gasteiger partial charge in [-0.1, -0.05) is 52.3 Å². The van der Waals surface area contributed by atoms with E-state index in [2.05, 4.69) is 37.9 Å². The van der Waals surface area contributed by atoms with Crippen LogP contribution in [-0.4, -0.2) is 37.6 Å². The molecule has 138 valence electrons. The average Bonchev–Trinajstić information content (AvgIpc) is 3.13. The van der Waals surface area contributed by atoms with E-state index < -0.39 is 0 Å². The number of carbonyl (C=O) groups excluding carboxylic acids is 1. The van der Waals surface area contributed by atoms with Crippen LogP contribution in [0.5, 0.6) is 0 Å². The van der Waals surface area contributed by atoms with Crippen LogP contribution < -0.4 is 0 Å². The topological polar surface area (TPSA) is 63.9 Å². The number of carbonyl (C=O) groups is 1. The highest BCUT2D eigenvalue weighted by Crippen LogP contribution is 2.18. The van der Waals surface area contributed by atoms with Crippen LogP contribution in [0.4, 0.5) is 4.39 Å². The van der Waals surface area contributed by atoms with Gasteiger partial charge in [0.05, 0.1) is 0 Å². The van der Waals surface area contributed by atoms with Gasteiger partial charge < -0.3 is 4.90 Å². The van der Waals surface area contributed by atoms with E-state index in [-0.39, 0.29) is 31.4 Å². The second kappa shape index (κ2) is 8.68. The molecule has 8 heteroatoms. The highest BCUT2D eigenvalue weighted by molar-refractivity contribution is 9.10. The van der Waals surface area contributed by atoms with Crippen LogP contribution in [0.1, 0.15) is 5.56 Å². The van der Waals surface area contributed by atoms with E-state index in [4.69, 9.17) is 0 Å². The molecular weight excluding hydrogens is 413 g/mol. The number of hydrogen-bond acceptors (Lipinski definition) is 4. The smallest absolute Gasteiger partial charge is 0.246 e. The lowest BCUT2D eigenvalue weighted by Gasteiger charge is -2.21. The first-order chi connectivity index (χ1) is 13.1. The fourth-order valence-corrected chi connectivity index (χ4v) is 2.92. The summed E-state index contributed by atoms with van der Waals surface area (Å²) in [5.74, 6) is -0.187. The molecule has 0 spiro atoms. The van der Waals surface area contributed by atoms with Gasteiger partial charge in [0.15, 0.2) is 0 Å². The molecule has 0 atom stereocenters. The van der Waals surface area contributed by atoms with Crippen LogP contribution in [0.3, 0.4) is 0 Å². The summed E-state index contributed by atoms with van der Waals surface area (Å²) in [5, 5.41) is 12.2. The Morgan fingerprint density at radius 2 is 2.04 bits per heavy atom. The molecule has 0 bridgehead atoms. The molecule has 1 heterocycles. The molecule has 0 fully saturated rings. The number of rotatable bonds is 7. The molecular formula is C19H17BrFN5O. The van der Waals surface area contributed by atoms with Gasteiger partial charge in [0, 0.05) is 28.7 Å². The summed E-state index contributed by atoms with van der Waals surface area (Å²) < 4.78 is 14.8. The number of benzene rings is 2. The Bertz CT molecular complexity index is 944. The first kappa shape index (κ1) is 18.9. The van der Waals surface area contributed by atoms with Gasteiger partial charge in [-0.15, -0.1) is 16.8 Å². The van der Waals surface area contributed by atoms with Gasteiger partial charge in [0.2, 0.25) is 11.7 Å². The van der Waals surface area contributed by atoms with Crippen LogP contribution in [0.25, 0.3) is 11.4 Å². The van der Waals surface area contributed by atoms with Crippen molar-refractivity contribution in [2.45, 2.75) is 13.1 Å². The van der Waals surface area contributed by atoms with E-state index in [1.807, 2.05) is 30.3 Å². The Labute approximate surface area is 164 Å². The third-order valence-corrected chi connectivity index (χ3v) is 4.33. The van der Waals surface area contributed by atoms with E-state index in [1.165, 1.54) is 15.8 Å². The van der Waals surface area contributed by atoms with Crippen molar-refractivity contribution in [3.8, 4) is 11.4 Å². The third kappa shape index (κ3) is 4.85. The molecule has 0 aliphatic rings. The molecule has 0 radical (unpaired) electrons. The van der Waals surface area contributed by atoms with Crippen LogP contribution in [0, 0.1) is 5.82 Å². The number of aromatic nitrogens is 4. The van der Waals surface area contributed by atoms with Crippen LogP contribution >= 0.6 is 15.9 Å². The Balaban J connectivity index is 1.73.